The van der Waals surface area contributed by atoms with E-state index in [1.807, 2.05) is 4.90 Å². The van der Waals surface area contributed by atoms with Crippen molar-refractivity contribution in [3.05, 3.63) is 65.8 Å². The number of aromatic nitrogens is 3. The van der Waals surface area contributed by atoms with E-state index in [4.69, 9.17) is 21.3 Å². The highest BCUT2D eigenvalue weighted by atomic mass is 35.5. The summed E-state index contributed by atoms with van der Waals surface area (Å²) in [6, 6.07) is 8.32. The average molecular weight is 601 g/mol. The lowest BCUT2D eigenvalue weighted by atomic mass is 9.96. The molecule has 8 nitrogen and oxygen atoms in total. The van der Waals surface area contributed by atoms with Crippen molar-refractivity contribution in [1.29, 1.82) is 0 Å². The molecule has 4 aromatic rings. The molecule has 6 fully saturated rings. The van der Waals surface area contributed by atoms with Gasteiger partial charge in [0.05, 0.1) is 28.0 Å². The van der Waals surface area contributed by atoms with Gasteiger partial charge in [-0.2, -0.15) is 9.97 Å². The summed E-state index contributed by atoms with van der Waals surface area (Å²) in [5.74, 6) is 1.31. The number of rotatable bonds is 6. The second-order valence-electron chi connectivity index (χ2n) is 12.5. The van der Waals surface area contributed by atoms with Gasteiger partial charge in [0.25, 0.3) is 0 Å². The fraction of sp³-hybridized carbons (Fsp3) is 0.375. The predicted octanol–water partition coefficient (Wildman–Crippen LogP) is 4.69. The molecule has 6 heterocycles. The van der Waals surface area contributed by atoms with Crippen molar-refractivity contribution in [3.8, 4) is 17.3 Å². The lowest BCUT2D eigenvalue weighted by Gasteiger charge is -2.47. The van der Waals surface area contributed by atoms with Crippen molar-refractivity contribution in [2.24, 2.45) is 17.8 Å². The Labute approximate surface area is 250 Å². The quantitative estimate of drug-likeness (QED) is 0.297. The van der Waals surface area contributed by atoms with E-state index >= 15 is 4.39 Å². The second-order valence-corrected chi connectivity index (χ2v) is 12.8. The van der Waals surface area contributed by atoms with Crippen LogP contribution in [0.5, 0.6) is 6.01 Å². The van der Waals surface area contributed by atoms with E-state index in [0.29, 0.717) is 59.1 Å². The van der Waals surface area contributed by atoms with Gasteiger partial charge in [-0.15, -0.1) is 0 Å². The number of amides is 1. The largest absolute Gasteiger partial charge is 0.461 e. The molecule has 1 unspecified atom stereocenters. The zero-order valence-corrected chi connectivity index (χ0v) is 24.1. The minimum absolute atomic E-state index is 0.0201. The minimum Gasteiger partial charge on any atom is -0.461 e. The lowest BCUT2D eigenvalue weighted by molar-refractivity contribution is -0.127. The van der Waals surface area contributed by atoms with Gasteiger partial charge in [0, 0.05) is 36.8 Å². The first kappa shape index (κ1) is 25.6. The third-order valence-corrected chi connectivity index (χ3v) is 11.1. The highest BCUT2D eigenvalue weighted by Crippen LogP contribution is 2.82. The Hall–Kier alpha value is -3.89. The molecule has 2 aromatic heterocycles. The number of likely N-dealkylation sites (tertiary alicyclic amines) is 1. The van der Waals surface area contributed by atoms with Crippen LogP contribution in [-0.2, 0) is 4.79 Å². The predicted molar refractivity (Wildman–Crippen MR) is 158 cm³/mol. The van der Waals surface area contributed by atoms with Crippen molar-refractivity contribution in [2.45, 2.75) is 24.0 Å². The summed E-state index contributed by atoms with van der Waals surface area (Å²) in [6.07, 6.45) is 3.67. The maximum absolute atomic E-state index is 16.6. The number of piperidine rings is 1. The van der Waals surface area contributed by atoms with Gasteiger partial charge < -0.3 is 14.5 Å². The van der Waals surface area contributed by atoms with E-state index in [1.54, 1.807) is 30.5 Å². The van der Waals surface area contributed by atoms with E-state index in [2.05, 4.69) is 33.4 Å². The normalized spacial score (nSPS) is 29.9. The van der Waals surface area contributed by atoms with Crippen LogP contribution in [0.3, 0.4) is 0 Å². The second kappa shape index (κ2) is 8.60. The summed E-state index contributed by atoms with van der Waals surface area (Å²) >= 11 is 6.38. The number of carbonyl (C=O) groups excluding carboxylic acids is 1. The SMILES string of the molecule is C=CC(=O)N1CC[C@@H]2[C@H]1CN2c1nc(OC[C@]23C4[C@@H](CN2C)[C@H]43)nc2c(F)c(-c3cccc4ccc(F)c(Cl)c34)ncc12. The maximum atomic E-state index is 16.6. The van der Waals surface area contributed by atoms with E-state index in [9.17, 15) is 9.18 Å². The van der Waals surface area contributed by atoms with E-state index in [-0.39, 0.29) is 45.8 Å². The fourth-order valence-corrected chi connectivity index (χ4v) is 8.71. The first-order valence-corrected chi connectivity index (χ1v) is 15.0. The summed E-state index contributed by atoms with van der Waals surface area (Å²) in [5.41, 5.74) is 0.504. The van der Waals surface area contributed by atoms with Gasteiger partial charge in [0.1, 0.15) is 29.5 Å². The van der Waals surface area contributed by atoms with Crippen LogP contribution in [0.2, 0.25) is 5.02 Å². The number of hydrogen-bond donors (Lipinski definition) is 0. The Bertz CT molecular complexity index is 1910. The van der Waals surface area contributed by atoms with Gasteiger partial charge in [-0.3, -0.25) is 14.7 Å². The number of ether oxygens (including phenoxy) is 1. The van der Waals surface area contributed by atoms with Crippen LogP contribution >= 0.6 is 11.6 Å². The zero-order chi connectivity index (χ0) is 29.4. The van der Waals surface area contributed by atoms with Crippen LogP contribution in [0.1, 0.15) is 6.42 Å². The smallest absolute Gasteiger partial charge is 0.319 e. The van der Waals surface area contributed by atoms with Gasteiger partial charge in [0.2, 0.25) is 5.91 Å². The van der Waals surface area contributed by atoms with Crippen molar-refractivity contribution >= 4 is 45.0 Å². The van der Waals surface area contributed by atoms with Crippen LogP contribution < -0.4 is 9.64 Å². The number of likely N-dealkylation sites (N-methyl/N-ethyl adjacent to an activating group) is 1. The molecule has 11 heteroatoms. The first-order chi connectivity index (χ1) is 20.8. The van der Waals surface area contributed by atoms with E-state index < -0.39 is 11.6 Å². The van der Waals surface area contributed by atoms with Crippen LogP contribution in [-0.4, -0.2) is 81.6 Å². The summed E-state index contributed by atoms with van der Waals surface area (Å²) in [7, 11) is 2.13. The molecule has 2 aromatic carbocycles. The van der Waals surface area contributed by atoms with Gasteiger partial charge in [-0.05, 0) is 48.8 Å². The van der Waals surface area contributed by atoms with Crippen molar-refractivity contribution < 1.29 is 18.3 Å². The molecular formula is C32H27ClF2N6O2. The van der Waals surface area contributed by atoms with Gasteiger partial charge >= 0.3 is 6.01 Å². The molecule has 2 saturated carbocycles. The zero-order valence-electron chi connectivity index (χ0n) is 23.3. The van der Waals surface area contributed by atoms with Crippen LogP contribution in [0.15, 0.2) is 49.2 Å². The van der Waals surface area contributed by atoms with Crippen LogP contribution in [0.25, 0.3) is 32.9 Å². The molecule has 43 heavy (non-hydrogen) atoms. The number of hydrogen-bond acceptors (Lipinski definition) is 7. The Kier molecular flexibility index (Phi) is 5.12. The fourth-order valence-electron chi connectivity index (χ4n) is 8.44. The number of halogens is 3. The molecule has 10 rings (SSSR count). The van der Waals surface area contributed by atoms with E-state index in [0.717, 1.165) is 18.9 Å². The molecule has 6 atom stereocenters. The van der Waals surface area contributed by atoms with Gasteiger partial charge in [-0.1, -0.05) is 42.4 Å². The Morgan fingerprint density at radius 1 is 1.19 bits per heavy atom. The maximum Gasteiger partial charge on any atom is 0.319 e. The number of nitrogens with zero attached hydrogens (tertiary/aromatic N) is 6. The molecular weight excluding hydrogens is 574 g/mol. The third-order valence-electron chi connectivity index (χ3n) is 10.7. The molecule has 2 aliphatic carbocycles. The summed E-state index contributed by atoms with van der Waals surface area (Å²) in [4.78, 5) is 32.6. The molecule has 1 amide bonds. The molecule has 218 valence electrons. The van der Waals surface area contributed by atoms with Gasteiger partial charge in [-0.25, -0.2) is 8.78 Å². The van der Waals surface area contributed by atoms with E-state index in [1.165, 1.54) is 12.1 Å². The standard InChI is InChI=1S/C32H27ClF2N6O2/c1-3-22(42)40-10-9-20-21(40)13-41(20)30-17-11-36-28(16-6-4-5-15-7-8-19(34)26(33)23(15)16)27(35)29(17)37-31(38-30)43-14-32-24-18(25(24)32)12-39(32)2/h3-8,11,18,20-21,24-25H,1,9-10,12-14H2,2H3/t18-,20-,21-,24?,25-,32-/m1/s1. The van der Waals surface area contributed by atoms with Crippen molar-refractivity contribution in [2.75, 3.05) is 38.2 Å². The number of fused-ring (bicyclic) bond motifs is 4. The molecule has 4 aliphatic heterocycles. The van der Waals surface area contributed by atoms with Crippen LogP contribution in [0, 0.1) is 29.4 Å². The molecule has 0 radical (unpaired) electrons. The molecule has 0 N–H and O–H groups in total. The molecule has 6 aliphatic rings. The van der Waals surface area contributed by atoms with Gasteiger partial charge in [0.15, 0.2) is 5.82 Å². The summed E-state index contributed by atoms with van der Waals surface area (Å²) < 4.78 is 37.4. The van der Waals surface area contributed by atoms with Crippen LogP contribution in [0.4, 0.5) is 14.6 Å². The monoisotopic (exact) mass is 600 g/mol. The number of anilines is 1. The third kappa shape index (κ3) is 3.28. The molecule has 4 saturated heterocycles. The lowest BCUT2D eigenvalue weighted by Crippen LogP contribution is -2.63. The first-order valence-electron chi connectivity index (χ1n) is 14.6. The molecule has 0 spiro atoms. The highest BCUT2D eigenvalue weighted by molar-refractivity contribution is 6.36. The topological polar surface area (TPSA) is 74.7 Å². The number of benzene rings is 2. The van der Waals surface area contributed by atoms with Crippen molar-refractivity contribution in [1.82, 2.24) is 24.8 Å². The minimum atomic E-state index is -0.656. The Morgan fingerprint density at radius 2 is 2.02 bits per heavy atom. The Balaban J connectivity index is 1.15. The number of carbonyl (C=O) groups is 1. The number of pyridine rings is 1. The average Bonchev–Trinajstić information content (AvgIpc) is 3.78. The Morgan fingerprint density at radius 3 is 2.79 bits per heavy atom. The summed E-state index contributed by atoms with van der Waals surface area (Å²) in [6.45, 7) is 6.34. The molecule has 2 bridgehead atoms. The van der Waals surface area contributed by atoms with Crippen molar-refractivity contribution in [3.63, 3.8) is 0 Å². The summed E-state index contributed by atoms with van der Waals surface area (Å²) in [5, 5.41) is 1.42. The highest BCUT2D eigenvalue weighted by Gasteiger charge is 2.90.